The van der Waals surface area contributed by atoms with E-state index in [9.17, 15) is 14.4 Å². The van der Waals surface area contributed by atoms with E-state index in [4.69, 9.17) is 10.5 Å². The van der Waals surface area contributed by atoms with Gasteiger partial charge in [0.25, 0.3) is 11.8 Å². The van der Waals surface area contributed by atoms with Crippen molar-refractivity contribution in [1.29, 1.82) is 0 Å². The Hall–Kier alpha value is -3.65. The van der Waals surface area contributed by atoms with E-state index >= 15 is 0 Å². The van der Waals surface area contributed by atoms with E-state index in [-0.39, 0.29) is 30.5 Å². The van der Waals surface area contributed by atoms with Crippen LogP contribution >= 0.6 is 15.9 Å². The number of anilines is 1. The molecule has 0 unspecified atom stereocenters. The number of aryl methyl sites for hydroxylation is 1. The molecule has 8 heteroatoms. The standard InChI is InChI=1S/C24H22BrN3O4/c1-15-11-18(9-10-20(15)25)28-22(29)13-27-24(31)17-6-4-5-16(12-17)14-32-21-8-3-2-7-19(21)23(26)30/h2-12H,13-14H2,1H3,(H2,26,30)(H,27,31)(H,28,29). The minimum Gasteiger partial charge on any atom is -0.488 e. The quantitative estimate of drug-likeness (QED) is 0.441. The van der Waals surface area contributed by atoms with Crippen LogP contribution in [0.3, 0.4) is 0 Å². The molecule has 0 saturated carbocycles. The van der Waals surface area contributed by atoms with Crippen molar-refractivity contribution < 1.29 is 19.1 Å². The topological polar surface area (TPSA) is 111 Å². The third-order valence-electron chi connectivity index (χ3n) is 4.59. The lowest BCUT2D eigenvalue weighted by atomic mass is 10.1. The second kappa shape index (κ2) is 10.6. The highest BCUT2D eigenvalue weighted by Gasteiger charge is 2.11. The second-order valence-electron chi connectivity index (χ2n) is 7.04. The molecule has 0 spiro atoms. The molecule has 3 rings (SSSR count). The van der Waals surface area contributed by atoms with Crippen LogP contribution in [0, 0.1) is 6.92 Å². The minimum atomic E-state index is -0.578. The van der Waals surface area contributed by atoms with Gasteiger partial charge in [-0.1, -0.05) is 40.2 Å². The lowest BCUT2D eigenvalue weighted by Gasteiger charge is -2.11. The van der Waals surface area contributed by atoms with Gasteiger partial charge in [-0.15, -0.1) is 0 Å². The predicted octanol–water partition coefficient (Wildman–Crippen LogP) is 3.80. The van der Waals surface area contributed by atoms with Gasteiger partial charge in [-0.25, -0.2) is 0 Å². The van der Waals surface area contributed by atoms with E-state index in [1.807, 2.05) is 19.1 Å². The monoisotopic (exact) mass is 495 g/mol. The number of halogens is 1. The van der Waals surface area contributed by atoms with Crippen LogP contribution in [0.25, 0.3) is 0 Å². The van der Waals surface area contributed by atoms with E-state index in [1.165, 1.54) is 0 Å². The third kappa shape index (κ3) is 6.18. The zero-order valence-corrected chi connectivity index (χ0v) is 18.9. The Morgan fingerprint density at radius 2 is 1.78 bits per heavy atom. The van der Waals surface area contributed by atoms with E-state index in [2.05, 4.69) is 26.6 Å². The molecule has 0 atom stereocenters. The van der Waals surface area contributed by atoms with Crippen LogP contribution in [0.5, 0.6) is 5.75 Å². The molecule has 0 aliphatic rings. The van der Waals surface area contributed by atoms with Gasteiger partial charge in [0.1, 0.15) is 12.4 Å². The Kier molecular flexibility index (Phi) is 7.62. The van der Waals surface area contributed by atoms with Gasteiger partial charge in [0.15, 0.2) is 0 Å². The van der Waals surface area contributed by atoms with Crippen LogP contribution in [0.4, 0.5) is 5.69 Å². The summed E-state index contributed by atoms with van der Waals surface area (Å²) in [5, 5.41) is 5.36. The first-order chi connectivity index (χ1) is 15.3. The summed E-state index contributed by atoms with van der Waals surface area (Å²) >= 11 is 3.41. The fourth-order valence-corrected chi connectivity index (χ4v) is 3.20. The molecule has 3 aromatic rings. The van der Waals surface area contributed by atoms with Crippen molar-refractivity contribution in [2.75, 3.05) is 11.9 Å². The fourth-order valence-electron chi connectivity index (χ4n) is 2.95. The summed E-state index contributed by atoms with van der Waals surface area (Å²) in [5.41, 5.74) is 8.41. The molecule has 0 saturated heterocycles. The lowest BCUT2D eigenvalue weighted by molar-refractivity contribution is -0.115. The van der Waals surface area contributed by atoms with Gasteiger partial charge in [-0.05, 0) is 60.5 Å². The first kappa shape index (κ1) is 23.0. The summed E-state index contributed by atoms with van der Waals surface area (Å²) in [4.78, 5) is 36.1. The first-order valence-electron chi connectivity index (χ1n) is 9.78. The number of benzene rings is 3. The zero-order chi connectivity index (χ0) is 23.1. The van der Waals surface area contributed by atoms with Gasteiger partial charge in [-0.2, -0.15) is 0 Å². The zero-order valence-electron chi connectivity index (χ0n) is 17.4. The van der Waals surface area contributed by atoms with E-state index in [1.54, 1.807) is 54.6 Å². The molecule has 0 radical (unpaired) electrons. The number of carbonyl (C=O) groups is 3. The highest BCUT2D eigenvalue weighted by atomic mass is 79.9. The maximum absolute atomic E-state index is 12.5. The first-order valence-corrected chi connectivity index (χ1v) is 10.6. The van der Waals surface area contributed by atoms with Crippen LogP contribution in [-0.2, 0) is 11.4 Å². The fraction of sp³-hybridized carbons (Fsp3) is 0.125. The van der Waals surface area contributed by atoms with Gasteiger partial charge in [0, 0.05) is 15.7 Å². The van der Waals surface area contributed by atoms with Crippen molar-refractivity contribution in [3.05, 3.63) is 93.5 Å². The lowest BCUT2D eigenvalue weighted by Crippen LogP contribution is -2.32. The van der Waals surface area contributed by atoms with Gasteiger partial charge < -0.3 is 21.1 Å². The summed E-state index contributed by atoms with van der Waals surface area (Å²) in [6.45, 7) is 1.90. The van der Waals surface area contributed by atoms with Gasteiger partial charge in [0.05, 0.1) is 12.1 Å². The Labute approximate surface area is 194 Å². The van der Waals surface area contributed by atoms with Crippen molar-refractivity contribution in [1.82, 2.24) is 5.32 Å². The highest BCUT2D eigenvalue weighted by molar-refractivity contribution is 9.10. The number of hydrogen-bond donors (Lipinski definition) is 3. The number of rotatable bonds is 8. The number of nitrogens with two attached hydrogens (primary N) is 1. The second-order valence-corrected chi connectivity index (χ2v) is 7.90. The molecule has 0 heterocycles. The van der Waals surface area contributed by atoms with Crippen LogP contribution in [0.1, 0.15) is 31.8 Å². The molecule has 3 amide bonds. The predicted molar refractivity (Wildman–Crippen MR) is 126 cm³/mol. The summed E-state index contributed by atoms with van der Waals surface area (Å²) in [7, 11) is 0. The van der Waals surface area contributed by atoms with Crippen LogP contribution in [0.15, 0.2) is 71.2 Å². The maximum Gasteiger partial charge on any atom is 0.252 e. The molecule has 32 heavy (non-hydrogen) atoms. The van der Waals surface area contributed by atoms with Gasteiger partial charge in [-0.3, -0.25) is 14.4 Å². The average Bonchev–Trinajstić information content (AvgIpc) is 2.79. The smallest absolute Gasteiger partial charge is 0.252 e. The Bertz CT molecular complexity index is 1160. The van der Waals surface area contributed by atoms with Crippen molar-refractivity contribution in [3.8, 4) is 5.75 Å². The van der Waals surface area contributed by atoms with Gasteiger partial charge in [0.2, 0.25) is 5.91 Å². The molecule has 3 aromatic carbocycles. The molecule has 4 N–H and O–H groups in total. The molecule has 0 aliphatic carbocycles. The molecule has 0 bridgehead atoms. The highest BCUT2D eigenvalue weighted by Crippen LogP contribution is 2.20. The van der Waals surface area contributed by atoms with E-state index in [0.29, 0.717) is 17.0 Å². The van der Waals surface area contributed by atoms with Gasteiger partial charge >= 0.3 is 0 Å². The molecule has 0 fully saturated rings. The van der Waals surface area contributed by atoms with Crippen molar-refractivity contribution in [2.45, 2.75) is 13.5 Å². The molecular formula is C24H22BrN3O4. The average molecular weight is 496 g/mol. The summed E-state index contributed by atoms with van der Waals surface area (Å²) < 4.78 is 6.65. The normalized spacial score (nSPS) is 10.3. The van der Waals surface area contributed by atoms with E-state index in [0.717, 1.165) is 15.6 Å². The Morgan fingerprint density at radius 1 is 1.00 bits per heavy atom. The number of amides is 3. The van der Waals surface area contributed by atoms with Crippen molar-refractivity contribution in [2.24, 2.45) is 5.73 Å². The molecule has 7 nitrogen and oxygen atoms in total. The summed E-state index contributed by atoms with van der Waals surface area (Å²) in [6.07, 6.45) is 0. The third-order valence-corrected chi connectivity index (χ3v) is 5.48. The van der Waals surface area contributed by atoms with Crippen molar-refractivity contribution in [3.63, 3.8) is 0 Å². The Morgan fingerprint density at radius 3 is 2.53 bits per heavy atom. The van der Waals surface area contributed by atoms with Crippen LogP contribution in [-0.4, -0.2) is 24.3 Å². The maximum atomic E-state index is 12.5. The number of ether oxygens (including phenoxy) is 1. The van der Waals surface area contributed by atoms with Crippen LogP contribution < -0.4 is 21.1 Å². The minimum absolute atomic E-state index is 0.148. The number of nitrogens with one attached hydrogen (secondary N) is 2. The summed E-state index contributed by atoms with van der Waals surface area (Å²) in [5.74, 6) is -0.922. The molecule has 0 aliphatic heterocycles. The van der Waals surface area contributed by atoms with Crippen LogP contribution in [0.2, 0.25) is 0 Å². The number of primary amides is 1. The molecule has 0 aromatic heterocycles. The SMILES string of the molecule is Cc1cc(NC(=O)CNC(=O)c2cccc(COc3ccccc3C(N)=O)c2)ccc1Br. The molecule has 164 valence electrons. The largest absolute Gasteiger partial charge is 0.488 e. The number of carbonyl (C=O) groups excluding carboxylic acids is 3. The number of para-hydroxylation sites is 1. The van der Waals surface area contributed by atoms with Crippen molar-refractivity contribution >= 4 is 39.3 Å². The number of hydrogen-bond acceptors (Lipinski definition) is 4. The Balaban J connectivity index is 1.56. The molecular weight excluding hydrogens is 474 g/mol. The van der Waals surface area contributed by atoms with E-state index < -0.39 is 5.91 Å². The summed E-state index contributed by atoms with van der Waals surface area (Å²) in [6, 6.07) is 19.0.